The molecule has 176 valence electrons. The number of hydrogen-bond donors (Lipinski definition) is 2. The lowest BCUT2D eigenvalue weighted by molar-refractivity contribution is 0.126. The fourth-order valence-corrected chi connectivity index (χ4v) is 4.49. The van der Waals surface area contributed by atoms with Gasteiger partial charge in [-0.15, -0.1) is 0 Å². The lowest BCUT2D eigenvalue weighted by Crippen LogP contribution is -2.38. The Kier molecular flexibility index (Phi) is 6.64. The summed E-state index contributed by atoms with van der Waals surface area (Å²) in [5, 5.41) is 14.1. The SMILES string of the molecule is CC(C)C(O)c1cncc(C2=NC3=CC=CC(c4ccccc4)C3C(NCc3ccccn3)=N2)c1. The summed E-state index contributed by atoms with van der Waals surface area (Å²) < 4.78 is 0. The average Bonchev–Trinajstić information content (AvgIpc) is 2.92. The average molecular weight is 464 g/mol. The van der Waals surface area contributed by atoms with Gasteiger partial charge in [-0.25, -0.2) is 9.98 Å². The van der Waals surface area contributed by atoms with Crippen molar-refractivity contribution in [3.63, 3.8) is 0 Å². The number of fused-ring (bicyclic) bond motifs is 1. The zero-order valence-corrected chi connectivity index (χ0v) is 19.9. The maximum absolute atomic E-state index is 10.6. The van der Waals surface area contributed by atoms with Crippen molar-refractivity contribution in [3.8, 4) is 0 Å². The van der Waals surface area contributed by atoms with Gasteiger partial charge in [-0.3, -0.25) is 9.97 Å². The van der Waals surface area contributed by atoms with Crippen LogP contribution in [0.15, 0.2) is 107 Å². The molecule has 0 saturated carbocycles. The first-order valence-electron chi connectivity index (χ1n) is 12.0. The van der Waals surface area contributed by atoms with Gasteiger partial charge in [0.15, 0.2) is 5.84 Å². The highest BCUT2D eigenvalue weighted by molar-refractivity contribution is 6.10. The van der Waals surface area contributed by atoms with E-state index >= 15 is 0 Å². The fourth-order valence-electron chi connectivity index (χ4n) is 4.49. The molecule has 2 aromatic heterocycles. The van der Waals surface area contributed by atoms with Gasteiger partial charge in [0, 0.05) is 30.1 Å². The van der Waals surface area contributed by atoms with E-state index in [1.165, 1.54) is 5.56 Å². The normalized spacial score (nSPS) is 19.9. The third-order valence-electron chi connectivity index (χ3n) is 6.37. The van der Waals surface area contributed by atoms with E-state index in [1.807, 2.05) is 44.2 Å². The highest BCUT2D eigenvalue weighted by Gasteiger charge is 2.34. The van der Waals surface area contributed by atoms with Crippen molar-refractivity contribution in [2.45, 2.75) is 32.4 Å². The van der Waals surface area contributed by atoms with E-state index < -0.39 is 6.10 Å². The molecule has 35 heavy (non-hydrogen) atoms. The largest absolute Gasteiger partial charge is 0.388 e. The van der Waals surface area contributed by atoms with Gasteiger partial charge in [0.25, 0.3) is 0 Å². The zero-order valence-electron chi connectivity index (χ0n) is 19.9. The van der Waals surface area contributed by atoms with E-state index in [0.717, 1.165) is 28.4 Å². The molecule has 5 rings (SSSR count). The first kappa shape index (κ1) is 22.9. The summed E-state index contributed by atoms with van der Waals surface area (Å²) >= 11 is 0. The minimum Gasteiger partial charge on any atom is -0.388 e. The van der Waals surface area contributed by atoms with E-state index in [1.54, 1.807) is 18.6 Å². The number of pyridine rings is 2. The second kappa shape index (κ2) is 10.2. The monoisotopic (exact) mass is 463 g/mol. The van der Waals surface area contributed by atoms with Gasteiger partial charge in [0.1, 0.15) is 5.84 Å². The Labute approximate surface area is 205 Å². The number of nitrogens with one attached hydrogen (secondary N) is 1. The summed E-state index contributed by atoms with van der Waals surface area (Å²) in [5.74, 6) is 1.60. The molecule has 6 heteroatoms. The minimum absolute atomic E-state index is 0.0349. The zero-order chi connectivity index (χ0) is 24.2. The number of amidine groups is 2. The number of aromatic nitrogens is 2. The van der Waals surface area contributed by atoms with Gasteiger partial charge in [-0.05, 0) is 41.3 Å². The number of aliphatic imine (C=N–C) groups is 2. The number of benzene rings is 1. The van der Waals surface area contributed by atoms with Crippen LogP contribution in [0.3, 0.4) is 0 Å². The number of aliphatic hydroxyl groups excluding tert-OH is 1. The van der Waals surface area contributed by atoms with Crippen molar-refractivity contribution in [1.29, 1.82) is 0 Å². The Morgan fingerprint density at radius 3 is 2.60 bits per heavy atom. The van der Waals surface area contributed by atoms with Crippen LogP contribution in [0.4, 0.5) is 0 Å². The Balaban J connectivity index is 1.53. The fraction of sp³-hybridized carbons (Fsp3) is 0.241. The van der Waals surface area contributed by atoms with Gasteiger partial charge in [0.05, 0.1) is 30.0 Å². The molecule has 3 heterocycles. The van der Waals surface area contributed by atoms with Crippen molar-refractivity contribution in [2.24, 2.45) is 21.8 Å². The van der Waals surface area contributed by atoms with Crippen LogP contribution in [0.1, 0.15) is 48.3 Å². The Morgan fingerprint density at radius 1 is 1.00 bits per heavy atom. The number of nitrogens with zero attached hydrogens (tertiary/aromatic N) is 4. The van der Waals surface area contributed by atoms with Gasteiger partial charge in [-0.2, -0.15) is 0 Å². The maximum atomic E-state index is 10.6. The van der Waals surface area contributed by atoms with Crippen LogP contribution >= 0.6 is 0 Å². The molecule has 2 N–H and O–H groups in total. The molecule has 1 aromatic carbocycles. The molecule has 3 unspecified atom stereocenters. The molecule has 3 atom stereocenters. The smallest absolute Gasteiger partial charge is 0.163 e. The van der Waals surface area contributed by atoms with Gasteiger partial charge >= 0.3 is 0 Å². The minimum atomic E-state index is -0.593. The molecule has 6 nitrogen and oxygen atoms in total. The van der Waals surface area contributed by atoms with Gasteiger partial charge in [0.2, 0.25) is 0 Å². The molecule has 1 aliphatic heterocycles. The lowest BCUT2D eigenvalue weighted by atomic mass is 9.79. The number of allylic oxidation sites excluding steroid dienone is 3. The first-order valence-corrected chi connectivity index (χ1v) is 12.0. The topological polar surface area (TPSA) is 82.8 Å². The molecular formula is C29H29N5O. The third-order valence-corrected chi connectivity index (χ3v) is 6.37. The molecule has 0 saturated heterocycles. The maximum Gasteiger partial charge on any atom is 0.163 e. The summed E-state index contributed by atoms with van der Waals surface area (Å²) in [6, 6.07) is 18.3. The molecule has 0 spiro atoms. The summed E-state index contributed by atoms with van der Waals surface area (Å²) in [7, 11) is 0. The van der Waals surface area contributed by atoms with Crippen LogP contribution in [0.25, 0.3) is 0 Å². The van der Waals surface area contributed by atoms with E-state index in [9.17, 15) is 5.11 Å². The molecule has 0 amide bonds. The van der Waals surface area contributed by atoms with E-state index in [0.29, 0.717) is 12.4 Å². The van der Waals surface area contributed by atoms with E-state index in [2.05, 4.69) is 57.8 Å². The standard InChI is InChI=1S/C29H29N5O/c1-19(2)27(35)21-15-22(17-30-16-21)28-33-25-13-8-12-24(20-9-4-3-5-10-20)26(25)29(34-28)32-18-23-11-6-7-14-31-23/h3-17,19,24,26-27,35H,18H2,1-2H3,(H,32,33,34). The second-order valence-electron chi connectivity index (χ2n) is 9.19. The van der Waals surface area contributed by atoms with Crippen molar-refractivity contribution < 1.29 is 5.11 Å². The Bertz CT molecular complexity index is 1290. The number of aliphatic hydroxyl groups is 1. The Hall–Kier alpha value is -3.90. The molecular weight excluding hydrogens is 434 g/mol. The van der Waals surface area contributed by atoms with Crippen molar-refractivity contribution in [1.82, 2.24) is 15.3 Å². The highest BCUT2D eigenvalue weighted by atomic mass is 16.3. The molecule has 0 fully saturated rings. The third kappa shape index (κ3) is 4.98. The number of rotatable bonds is 6. The lowest BCUT2D eigenvalue weighted by Gasteiger charge is -2.32. The second-order valence-corrected chi connectivity index (χ2v) is 9.19. The quantitative estimate of drug-likeness (QED) is 0.541. The molecule has 3 aromatic rings. The van der Waals surface area contributed by atoms with Crippen molar-refractivity contribution in [3.05, 3.63) is 119 Å². The van der Waals surface area contributed by atoms with Crippen LogP contribution in [-0.2, 0) is 6.54 Å². The highest BCUT2D eigenvalue weighted by Crippen LogP contribution is 2.38. The van der Waals surface area contributed by atoms with Crippen molar-refractivity contribution >= 4 is 11.7 Å². The van der Waals surface area contributed by atoms with Gasteiger partial charge < -0.3 is 10.4 Å². The van der Waals surface area contributed by atoms with Gasteiger partial charge in [-0.1, -0.05) is 62.4 Å². The first-order chi connectivity index (χ1) is 17.1. The molecule has 0 bridgehead atoms. The predicted molar refractivity (Wildman–Crippen MR) is 139 cm³/mol. The summed E-state index contributed by atoms with van der Waals surface area (Å²) in [6.45, 7) is 4.54. The molecule has 0 radical (unpaired) electrons. The predicted octanol–water partition coefficient (Wildman–Crippen LogP) is 4.97. The van der Waals surface area contributed by atoms with E-state index in [4.69, 9.17) is 9.98 Å². The molecule has 2 aliphatic rings. The van der Waals surface area contributed by atoms with Crippen LogP contribution in [0, 0.1) is 11.8 Å². The molecule has 1 aliphatic carbocycles. The van der Waals surface area contributed by atoms with Crippen LogP contribution in [-0.4, -0.2) is 26.7 Å². The summed E-state index contributed by atoms with van der Waals surface area (Å²) in [4.78, 5) is 18.8. The number of hydrogen-bond acceptors (Lipinski definition) is 6. The summed E-state index contributed by atoms with van der Waals surface area (Å²) in [6.07, 6.45) is 11.0. The van der Waals surface area contributed by atoms with E-state index in [-0.39, 0.29) is 17.8 Å². The Morgan fingerprint density at radius 2 is 1.83 bits per heavy atom. The van der Waals surface area contributed by atoms with Crippen molar-refractivity contribution in [2.75, 3.05) is 0 Å². The van der Waals surface area contributed by atoms with Crippen LogP contribution in [0.2, 0.25) is 0 Å². The van der Waals surface area contributed by atoms with Crippen LogP contribution < -0.4 is 5.32 Å². The summed E-state index contributed by atoms with van der Waals surface area (Å²) in [5.41, 5.74) is 4.65. The van der Waals surface area contributed by atoms with Crippen LogP contribution in [0.5, 0.6) is 0 Å².